The van der Waals surface area contributed by atoms with Gasteiger partial charge in [0.2, 0.25) is 0 Å². The highest BCUT2D eigenvalue weighted by Gasteiger charge is 2.47. The van der Waals surface area contributed by atoms with Crippen molar-refractivity contribution in [2.24, 2.45) is 0 Å². The van der Waals surface area contributed by atoms with Crippen molar-refractivity contribution in [3.8, 4) is 22.6 Å². The first-order chi connectivity index (χ1) is 21.6. The lowest BCUT2D eigenvalue weighted by atomic mass is 9.65. The Morgan fingerprint density at radius 1 is 0.511 bits per heavy atom. The maximum Gasteiger partial charge on any atom is 0.126 e. The van der Waals surface area contributed by atoms with Crippen molar-refractivity contribution < 1.29 is 19.7 Å². The Hall–Kier alpha value is -3.60. The van der Waals surface area contributed by atoms with Gasteiger partial charge in [-0.2, -0.15) is 0 Å². The van der Waals surface area contributed by atoms with E-state index in [9.17, 15) is 10.2 Å². The van der Waals surface area contributed by atoms with E-state index in [4.69, 9.17) is 9.47 Å². The first kappa shape index (κ1) is 32.8. The van der Waals surface area contributed by atoms with E-state index in [0.717, 1.165) is 33.8 Å². The number of rotatable bonds is 12. The molecule has 4 nitrogen and oxygen atoms in total. The quantitative estimate of drug-likeness (QED) is 0.149. The van der Waals surface area contributed by atoms with Gasteiger partial charge >= 0.3 is 0 Å². The molecule has 0 radical (unpaired) electrons. The van der Waals surface area contributed by atoms with Gasteiger partial charge in [-0.05, 0) is 79.3 Å². The molecule has 1 aliphatic carbocycles. The fraction of sp³-hybridized carbons (Fsp3) is 0.415. The van der Waals surface area contributed by atoms with E-state index in [2.05, 4.69) is 128 Å². The van der Waals surface area contributed by atoms with Crippen LogP contribution < -0.4 is 9.47 Å². The molecular formula is C41H50O4. The van der Waals surface area contributed by atoms with Crippen LogP contribution in [0.5, 0.6) is 11.5 Å². The maximum absolute atomic E-state index is 9.69. The average Bonchev–Trinajstić information content (AvgIpc) is 3.33. The van der Waals surface area contributed by atoms with Crippen LogP contribution in [0.1, 0.15) is 124 Å². The van der Waals surface area contributed by atoms with Gasteiger partial charge in [0.25, 0.3) is 0 Å². The van der Waals surface area contributed by atoms with Crippen LogP contribution in [0.3, 0.4) is 0 Å². The maximum atomic E-state index is 9.69. The van der Waals surface area contributed by atoms with Gasteiger partial charge in [-0.15, -0.1) is 0 Å². The third-order valence-electron chi connectivity index (χ3n) is 9.27. The van der Waals surface area contributed by atoms with Crippen molar-refractivity contribution in [3.05, 3.63) is 117 Å². The Morgan fingerprint density at radius 2 is 0.822 bits per heavy atom. The summed E-state index contributed by atoms with van der Waals surface area (Å²) in [5, 5.41) is 19.4. The standard InChI is InChI=1S/C41H50O4/c1-25(2)33-21-29(22-34(26(3)4)39(33)44-19-17-42)41(37-15-11-9-13-31(37)32-14-10-12-16-38(32)41)30-23-35(27(5)6)40(45-20-18-43)36(24-30)28(7)8/h9-16,21-28,42-43H,17-20H2,1-8H3. The first-order valence-corrected chi connectivity index (χ1v) is 16.6. The number of aliphatic hydroxyl groups is 2. The van der Waals surface area contributed by atoms with Crippen molar-refractivity contribution in [1.82, 2.24) is 0 Å². The van der Waals surface area contributed by atoms with Crippen LogP contribution in [-0.4, -0.2) is 36.6 Å². The normalized spacial score (nSPS) is 13.6. The second-order valence-electron chi connectivity index (χ2n) is 13.6. The molecule has 45 heavy (non-hydrogen) atoms. The molecule has 0 bridgehead atoms. The number of ether oxygens (including phenoxy) is 2. The zero-order valence-corrected chi connectivity index (χ0v) is 28.3. The monoisotopic (exact) mass is 606 g/mol. The zero-order chi connectivity index (χ0) is 32.5. The summed E-state index contributed by atoms with van der Waals surface area (Å²) in [7, 11) is 0. The predicted octanol–water partition coefficient (Wildman–Crippen LogP) is 9.29. The predicted molar refractivity (Wildman–Crippen MR) is 185 cm³/mol. The van der Waals surface area contributed by atoms with E-state index < -0.39 is 5.41 Å². The molecule has 5 rings (SSSR count). The molecule has 0 spiro atoms. The summed E-state index contributed by atoms with van der Waals surface area (Å²) in [6.07, 6.45) is 0. The summed E-state index contributed by atoms with van der Waals surface area (Å²) in [6, 6.07) is 27.2. The topological polar surface area (TPSA) is 58.9 Å². The summed E-state index contributed by atoms with van der Waals surface area (Å²) >= 11 is 0. The highest BCUT2D eigenvalue weighted by molar-refractivity contribution is 5.86. The minimum atomic E-state index is -0.585. The van der Waals surface area contributed by atoms with Crippen molar-refractivity contribution >= 4 is 0 Å². The van der Waals surface area contributed by atoms with Gasteiger partial charge in [-0.25, -0.2) is 0 Å². The first-order valence-electron chi connectivity index (χ1n) is 16.6. The van der Waals surface area contributed by atoms with Crippen LogP contribution >= 0.6 is 0 Å². The van der Waals surface area contributed by atoms with Crippen molar-refractivity contribution in [2.75, 3.05) is 26.4 Å². The largest absolute Gasteiger partial charge is 0.491 e. The summed E-state index contributed by atoms with van der Waals surface area (Å²) < 4.78 is 12.6. The third-order valence-corrected chi connectivity index (χ3v) is 9.27. The van der Waals surface area contributed by atoms with Gasteiger partial charge < -0.3 is 19.7 Å². The molecule has 4 aromatic rings. The van der Waals surface area contributed by atoms with Gasteiger partial charge in [-0.3, -0.25) is 0 Å². The minimum Gasteiger partial charge on any atom is -0.491 e. The van der Waals surface area contributed by atoms with E-state index in [1.54, 1.807) is 0 Å². The summed E-state index contributed by atoms with van der Waals surface area (Å²) in [5.41, 5.74) is 11.5. The second kappa shape index (κ2) is 13.4. The van der Waals surface area contributed by atoms with E-state index >= 15 is 0 Å². The van der Waals surface area contributed by atoms with Gasteiger partial charge in [0, 0.05) is 0 Å². The smallest absolute Gasteiger partial charge is 0.126 e. The lowest BCUT2D eigenvalue weighted by Gasteiger charge is -2.37. The van der Waals surface area contributed by atoms with Crippen molar-refractivity contribution in [3.63, 3.8) is 0 Å². The lowest BCUT2D eigenvalue weighted by Crippen LogP contribution is -2.30. The molecule has 0 aromatic heterocycles. The Labute approximate surface area is 270 Å². The average molecular weight is 607 g/mol. The fourth-order valence-corrected chi connectivity index (χ4v) is 7.15. The number of fused-ring (bicyclic) bond motifs is 3. The molecule has 0 fully saturated rings. The molecule has 0 heterocycles. The number of aliphatic hydroxyl groups excluding tert-OH is 2. The molecule has 0 saturated heterocycles. The number of hydrogen-bond donors (Lipinski definition) is 2. The molecule has 0 saturated carbocycles. The van der Waals surface area contributed by atoms with Crippen molar-refractivity contribution in [1.29, 1.82) is 0 Å². The lowest BCUT2D eigenvalue weighted by molar-refractivity contribution is 0.198. The van der Waals surface area contributed by atoms with E-state index in [1.807, 2.05) is 0 Å². The van der Waals surface area contributed by atoms with Crippen LogP contribution in [0.4, 0.5) is 0 Å². The van der Waals surface area contributed by atoms with Crippen LogP contribution in [-0.2, 0) is 5.41 Å². The summed E-state index contributed by atoms with van der Waals surface area (Å²) in [6.45, 7) is 18.2. The fourth-order valence-electron chi connectivity index (χ4n) is 7.15. The van der Waals surface area contributed by atoms with E-state index in [-0.39, 0.29) is 50.1 Å². The second-order valence-corrected chi connectivity index (χ2v) is 13.6. The Kier molecular flexibility index (Phi) is 9.77. The van der Waals surface area contributed by atoms with Gasteiger partial charge in [-0.1, -0.05) is 128 Å². The molecule has 0 aliphatic heterocycles. The third kappa shape index (κ3) is 5.68. The molecule has 4 aromatic carbocycles. The molecule has 0 unspecified atom stereocenters. The molecule has 0 atom stereocenters. The van der Waals surface area contributed by atoms with Crippen molar-refractivity contribution in [2.45, 2.75) is 84.5 Å². The van der Waals surface area contributed by atoms with Crippen LogP contribution in [0.15, 0.2) is 72.8 Å². The Bertz CT molecular complexity index is 1460. The SMILES string of the molecule is CC(C)c1cc(C2(c3cc(C(C)C)c(OCCO)c(C(C)C)c3)c3ccccc3-c3ccccc32)cc(C(C)C)c1OCCO. The van der Waals surface area contributed by atoms with E-state index in [0.29, 0.717) is 0 Å². The molecule has 2 N–H and O–H groups in total. The van der Waals surface area contributed by atoms with Gasteiger partial charge in [0.05, 0.1) is 18.6 Å². The zero-order valence-electron chi connectivity index (χ0n) is 28.3. The highest BCUT2D eigenvalue weighted by atomic mass is 16.5. The number of benzene rings is 4. The Morgan fingerprint density at radius 3 is 1.11 bits per heavy atom. The Balaban J connectivity index is 1.98. The summed E-state index contributed by atoms with van der Waals surface area (Å²) in [4.78, 5) is 0. The van der Waals surface area contributed by atoms with Crippen LogP contribution in [0, 0.1) is 0 Å². The minimum absolute atomic E-state index is 0.0256. The summed E-state index contributed by atoms with van der Waals surface area (Å²) in [5.74, 6) is 2.65. The van der Waals surface area contributed by atoms with Gasteiger partial charge in [0.1, 0.15) is 24.7 Å². The van der Waals surface area contributed by atoms with Crippen LogP contribution in [0.25, 0.3) is 11.1 Å². The molecule has 238 valence electrons. The molecule has 4 heteroatoms. The van der Waals surface area contributed by atoms with Crippen LogP contribution in [0.2, 0.25) is 0 Å². The molecular weight excluding hydrogens is 556 g/mol. The molecule has 0 amide bonds. The van der Waals surface area contributed by atoms with E-state index in [1.165, 1.54) is 33.4 Å². The number of hydrogen-bond acceptors (Lipinski definition) is 4. The highest BCUT2D eigenvalue weighted by Crippen LogP contribution is 2.58. The van der Waals surface area contributed by atoms with Gasteiger partial charge in [0.15, 0.2) is 0 Å². The molecule has 1 aliphatic rings.